The van der Waals surface area contributed by atoms with E-state index in [4.69, 9.17) is 0 Å². The molecule has 2 rings (SSSR count). The van der Waals surface area contributed by atoms with Gasteiger partial charge in [0.1, 0.15) is 0 Å². The van der Waals surface area contributed by atoms with E-state index in [1.54, 1.807) is 0 Å². The molecule has 3 N–H and O–H groups in total. The molecular formula is C18H26N2O2S. The fourth-order valence-electron chi connectivity index (χ4n) is 2.23. The van der Waals surface area contributed by atoms with Gasteiger partial charge in [-0.25, -0.2) is 0 Å². The third-order valence-corrected chi connectivity index (χ3v) is 3.77. The molecular weight excluding hydrogens is 308 g/mol. The first-order valence-corrected chi connectivity index (χ1v) is 8.87. The molecule has 0 aliphatic rings. The Kier molecular flexibility index (Phi) is 9.17. The molecule has 1 amide bonds. The van der Waals surface area contributed by atoms with Gasteiger partial charge in [-0.15, -0.1) is 0 Å². The van der Waals surface area contributed by atoms with E-state index in [0.717, 1.165) is 39.8 Å². The van der Waals surface area contributed by atoms with Crippen LogP contribution in [0.25, 0.3) is 10.8 Å². The molecule has 0 radical (unpaired) electrons. The highest BCUT2D eigenvalue weighted by molar-refractivity contribution is 7.94. The lowest BCUT2D eigenvalue weighted by atomic mass is 10.1. The SMILES string of the molecule is CC.CCCC(=O)NCCNc1cccc2c(SO)cccc12. The number of benzene rings is 2. The van der Waals surface area contributed by atoms with Gasteiger partial charge in [0.05, 0.1) is 0 Å². The first-order valence-electron chi connectivity index (χ1n) is 8.10. The monoisotopic (exact) mass is 334 g/mol. The Bertz CT molecular complexity index is 617. The van der Waals surface area contributed by atoms with E-state index in [1.165, 1.54) is 0 Å². The Balaban J connectivity index is 0.00000127. The summed E-state index contributed by atoms with van der Waals surface area (Å²) in [4.78, 5) is 12.2. The van der Waals surface area contributed by atoms with Crippen molar-refractivity contribution in [2.75, 3.05) is 18.4 Å². The van der Waals surface area contributed by atoms with Gasteiger partial charge in [-0.2, -0.15) is 0 Å². The lowest BCUT2D eigenvalue weighted by Gasteiger charge is -2.11. The number of hydrogen-bond acceptors (Lipinski definition) is 4. The van der Waals surface area contributed by atoms with Gasteiger partial charge in [0.2, 0.25) is 5.91 Å². The molecule has 5 heteroatoms. The quantitative estimate of drug-likeness (QED) is 0.505. The summed E-state index contributed by atoms with van der Waals surface area (Å²) in [7, 11) is 0. The summed E-state index contributed by atoms with van der Waals surface area (Å²) < 4.78 is 9.30. The first kappa shape index (κ1) is 19.3. The molecule has 0 saturated heterocycles. The molecule has 0 bridgehead atoms. The number of carbonyl (C=O) groups is 1. The van der Waals surface area contributed by atoms with Crippen molar-refractivity contribution in [1.29, 1.82) is 0 Å². The maximum absolute atomic E-state index is 11.4. The second-order valence-corrected chi connectivity index (χ2v) is 5.40. The van der Waals surface area contributed by atoms with Crippen LogP contribution in [0.15, 0.2) is 41.3 Å². The predicted octanol–water partition coefficient (Wildman–Crippen LogP) is 4.76. The summed E-state index contributed by atoms with van der Waals surface area (Å²) in [5.74, 6) is 0.0937. The fraction of sp³-hybridized carbons (Fsp3) is 0.389. The van der Waals surface area contributed by atoms with E-state index >= 15 is 0 Å². The lowest BCUT2D eigenvalue weighted by molar-refractivity contribution is -0.121. The van der Waals surface area contributed by atoms with E-state index in [2.05, 4.69) is 10.6 Å². The van der Waals surface area contributed by atoms with Crippen LogP contribution >= 0.6 is 12.0 Å². The molecule has 0 aliphatic heterocycles. The fourth-order valence-corrected chi connectivity index (χ4v) is 2.65. The van der Waals surface area contributed by atoms with Crippen molar-refractivity contribution in [3.05, 3.63) is 36.4 Å². The second kappa shape index (κ2) is 10.9. The molecule has 2 aromatic carbocycles. The van der Waals surface area contributed by atoms with Crippen LogP contribution in [0.3, 0.4) is 0 Å². The summed E-state index contributed by atoms with van der Waals surface area (Å²) in [6.07, 6.45) is 1.44. The zero-order valence-corrected chi connectivity index (χ0v) is 14.9. The van der Waals surface area contributed by atoms with Crippen LogP contribution in [0.5, 0.6) is 0 Å². The van der Waals surface area contributed by atoms with Crippen molar-refractivity contribution in [1.82, 2.24) is 5.32 Å². The zero-order chi connectivity index (χ0) is 17.1. The number of anilines is 1. The topological polar surface area (TPSA) is 61.4 Å². The van der Waals surface area contributed by atoms with Crippen LogP contribution in [0.4, 0.5) is 5.69 Å². The van der Waals surface area contributed by atoms with Gasteiger partial charge in [-0.3, -0.25) is 4.79 Å². The van der Waals surface area contributed by atoms with Crippen LogP contribution < -0.4 is 10.6 Å². The third kappa shape index (κ3) is 5.77. The van der Waals surface area contributed by atoms with Gasteiger partial charge >= 0.3 is 0 Å². The normalized spacial score (nSPS) is 9.91. The maximum Gasteiger partial charge on any atom is 0.220 e. The molecule has 0 spiro atoms. The van der Waals surface area contributed by atoms with Crippen molar-refractivity contribution >= 4 is 34.4 Å². The summed E-state index contributed by atoms with van der Waals surface area (Å²) >= 11 is 0.760. The third-order valence-electron chi connectivity index (χ3n) is 3.22. The van der Waals surface area contributed by atoms with Crippen molar-refractivity contribution in [3.63, 3.8) is 0 Å². The molecule has 0 fully saturated rings. The highest BCUT2D eigenvalue weighted by Crippen LogP contribution is 2.30. The molecule has 0 aromatic heterocycles. The number of hydrogen-bond donors (Lipinski definition) is 3. The van der Waals surface area contributed by atoms with Gasteiger partial charge in [0.25, 0.3) is 0 Å². The van der Waals surface area contributed by atoms with Crippen LogP contribution in [0.1, 0.15) is 33.6 Å². The molecule has 0 aliphatic carbocycles. The first-order chi connectivity index (χ1) is 11.3. The standard InChI is InChI=1S/C16H20N2O2S.C2H6/c1-2-5-16(19)18-11-10-17-14-8-3-7-13-12(14)6-4-9-15(13)21-20;1-2/h3-4,6-9,17,20H,2,5,10-11H2,1H3,(H,18,19);1-2H3. The minimum atomic E-state index is 0.0937. The Morgan fingerprint density at radius 3 is 2.48 bits per heavy atom. The molecule has 0 atom stereocenters. The number of carbonyl (C=O) groups excluding carboxylic acids is 1. The molecule has 4 nitrogen and oxygen atoms in total. The van der Waals surface area contributed by atoms with E-state index in [0.29, 0.717) is 19.5 Å². The molecule has 23 heavy (non-hydrogen) atoms. The number of fused-ring (bicyclic) bond motifs is 1. The molecule has 0 heterocycles. The Morgan fingerprint density at radius 2 is 1.78 bits per heavy atom. The van der Waals surface area contributed by atoms with Crippen molar-refractivity contribution in [2.45, 2.75) is 38.5 Å². The smallest absolute Gasteiger partial charge is 0.220 e. The molecule has 0 saturated carbocycles. The van der Waals surface area contributed by atoms with Gasteiger partial charge in [-0.1, -0.05) is 45.0 Å². The summed E-state index contributed by atoms with van der Waals surface area (Å²) in [6, 6.07) is 11.8. The van der Waals surface area contributed by atoms with Gasteiger partial charge in [0.15, 0.2) is 0 Å². The highest BCUT2D eigenvalue weighted by atomic mass is 32.2. The van der Waals surface area contributed by atoms with Crippen LogP contribution in [0, 0.1) is 0 Å². The zero-order valence-electron chi connectivity index (χ0n) is 14.1. The van der Waals surface area contributed by atoms with Crippen LogP contribution in [0.2, 0.25) is 0 Å². The Hall–Kier alpha value is -1.72. The average molecular weight is 334 g/mol. The second-order valence-electron chi connectivity index (χ2n) is 4.77. The number of rotatable bonds is 7. The summed E-state index contributed by atoms with van der Waals surface area (Å²) in [6.45, 7) is 7.26. The molecule has 0 unspecified atom stereocenters. The summed E-state index contributed by atoms with van der Waals surface area (Å²) in [5.41, 5.74) is 1.01. The van der Waals surface area contributed by atoms with Crippen LogP contribution in [-0.4, -0.2) is 23.5 Å². The van der Waals surface area contributed by atoms with Crippen molar-refractivity contribution in [2.24, 2.45) is 0 Å². The molecule has 2 aromatic rings. The average Bonchev–Trinajstić information content (AvgIpc) is 2.60. The van der Waals surface area contributed by atoms with Crippen molar-refractivity contribution in [3.8, 4) is 0 Å². The number of nitrogens with one attached hydrogen (secondary N) is 2. The van der Waals surface area contributed by atoms with E-state index in [-0.39, 0.29) is 5.91 Å². The van der Waals surface area contributed by atoms with E-state index in [1.807, 2.05) is 57.2 Å². The maximum atomic E-state index is 11.4. The largest absolute Gasteiger partial charge is 0.383 e. The Morgan fingerprint density at radius 1 is 1.09 bits per heavy atom. The lowest BCUT2D eigenvalue weighted by Crippen LogP contribution is -2.28. The minimum absolute atomic E-state index is 0.0937. The molecule has 126 valence electrons. The summed E-state index contributed by atoms with van der Waals surface area (Å²) in [5, 5.41) is 8.29. The van der Waals surface area contributed by atoms with E-state index in [9.17, 15) is 9.35 Å². The van der Waals surface area contributed by atoms with Crippen LogP contribution in [-0.2, 0) is 4.79 Å². The highest BCUT2D eigenvalue weighted by Gasteiger charge is 2.05. The van der Waals surface area contributed by atoms with Gasteiger partial charge in [0, 0.05) is 47.5 Å². The van der Waals surface area contributed by atoms with Gasteiger partial charge < -0.3 is 15.2 Å². The van der Waals surface area contributed by atoms with Crippen molar-refractivity contribution < 1.29 is 9.35 Å². The van der Waals surface area contributed by atoms with E-state index < -0.39 is 0 Å². The Labute approximate surface area is 142 Å². The van der Waals surface area contributed by atoms with Gasteiger partial charge in [-0.05, 0) is 23.9 Å². The minimum Gasteiger partial charge on any atom is -0.383 e. The number of amides is 1. The predicted molar refractivity (Wildman–Crippen MR) is 100 cm³/mol.